The third-order valence-electron chi connectivity index (χ3n) is 3.70. The van der Waals surface area contributed by atoms with Crippen LogP contribution in [-0.2, 0) is 6.54 Å². The van der Waals surface area contributed by atoms with Gasteiger partial charge in [-0.2, -0.15) is 4.98 Å². The Kier molecular flexibility index (Phi) is 4.78. The molecule has 4 N–H and O–H groups in total. The van der Waals surface area contributed by atoms with Gasteiger partial charge in [-0.05, 0) is 32.0 Å². The molecule has 3 rings (SSSR count). The van der Waals surface area contributed by atoms with E-state index in [2.05, 4.69) is 38.7 Å². The second-order valence-corrected chi connectivity index (χ2v) is 6.62. The predicted molar refractivity (Wildman–Crippen MR) is 102 cm³/mol. The summed E-state index contributed by atoms with van der Waals surface area (Å²) in [6, 6.07) is 5.69. The first kappa shape index (κ1) is 17.4. The van der Waals surface area contributed by atoms with Crippen LogP contribution in [0.3, 0.4) is 0 Å². The van der Waals surface area contributed by atoms with Crippen LogP contribution in [0.5, 0.6) is 0 Å². The van der Waals surface area contributed by atoms with Crippen molar-refractivity contribution < 1.29 is 0 Å². The van der Waals surface area contributed by atoms with Gasteiger partial charge in [0.2, 0.25) is 5.95 Å². The highest BCUT2D eigenvalue weighted by Crippen LogP contribution is 2.29. The Balaban J connectivity index is 1.97. The van der Waals surface area contributed by atoms with E-state index < -0.39 is 0 Å². The number of fused-ring (bicyclic) bond motifs is 1. The number of anilines is 3. The van der Waals surface area contributed by atoms with Crippen molar-refractivity contribution in [3.63, 3.8) is 0 Å². The predicted octanol–water partition coefficient (Wildman–Crippen LogP) is 3.31. The van der Waals surface area contributed by atoms with Gasteiger partial charge in [0.15, 0.2) is 5.82 Å². The topological polar surface area (TPSA) is 107 Å². The Morgan fingerprint density at radius 2 is 1.84 bits per heavy atom. The molecular formula is C16H17Cl2N7. The standard InChI is InChI=1S/C16H17Cl2N7/c1-8(2)25(9-3-4-10(17)11(18)5-9)7-13-21-6-12-14(23-13)15(19)24-16(20)22-12/h3-6,8H,7H2,1-2H3,(H4,19,20,22,24). The first-order chi connectivity index (χ1) is 11.8. The summed E-state index contributed by atoms with van der Waals surface area (Å²) < 4.78 is 0. The summed E-state index contributed by atoms with van der Waals surface area (Å²) in [5, 5.41) is 1.01. The monoisotopic (exact) mass is 377 g/mol. The van der Waals surface area contributed by atoms with Crippen LogP contribution in [0.4, 0.5) is 17.5 Å². The minimum Gasteiger partial charge on any atom is -0.382 e. The lowest BCUT2D eigenvalue weighted by molar-refractivity contribution is 0.664. The van der Waals surface area contributed by atoms with Gasteiger partial charge >= 0.3 is 0 Å². The number of rotatable bonds is 4. The van der Waals surface area contributed by atoms with Crippen LogP contribution in [0.25, 0.3) is 11.0 Å². The minimum atomic E-state index is 0.0981. The van der Waals surface area contributed by atoms with Crippen molar-refractivity contribution in [2.75, 3.05) is 16.4 Å². The summed E-state index contributed by atoms with van der Waals surface area (Å²) in [6.07, 6.45) is 1.60. The van der Waals surface area contributed by atoms with Crippen molar-refractivity contribution in [3.8, 4) is 0 Å². The summed E-state index contributed by atoms with van der Waals surface area (Å²) in [5.41, 5.74) is 13.4. The number of nitrogens with two attached hydrogens (primary N) is 2. The maximum atomic E-state index is 6.14. The number of hydrogen-bond donors (Lipinski definition) is 2. The van der Waals surface area contributed by atoms with Gasteiger partial charge in [-0.1, -0.05) is 23.2 Å². The second-order valence-electron chi connectivity index (χ2n) is 5.81. The molecule has 130 valence electrons. The minimum absolute atomic E-state index is 0.0981. The van der Waals surface area contributed by atoms with Crippen LogP contribution in [0, 0.1) is 0 Å². The summed E-state index contributed by atoms with van der Waals surface area (Å²) in [4.78, 5) is 19.0. The molecule has 0 saturated carbocycles. The molecule has 2 aromatic heterocycles. The Labute approximate surface area is 155 Å². The number of aromatic nitrogens is 4. The van der Waals surface area contributed by atoms with E-state index in [1.54, 1.807) is 12.3 Å². The first-order valence-electron chi connectivity index (χ1n) is 7.61. The van der Waals surface area contributed by atoms with E-state index in [4.69, 9.17) is 34.7 Å². The summed E-state index contributed by atoms with van der Waals surface area (Å²) >= 11 is 12.2. The van der Waals surface area contributed by atoms with Crippen LogP contribution in [-0.4, -0.2) is 26.0 Å². The molecule has 0 radical (unpaired) electrons. The third-order valence-corrected chi connectivity index (χ3v) is 4.44. The molecule has 0 saturated heterocycles. The lowest BCUT2D eigenvalue weighted by Gasteiger charge is -2.28. The maximum absolute atomic E-state index is 6.14. The van der Waals surface area contributed by atoms with E-state index in [9.17, 15) is 0 Å². The summed E-state index contributed by atoms with van der Waals surface area (Å²) in [5.74, 6) is 0.921. The van der Waals surface area contributed by atoms with E-state index in [-0.39, 0.29) is 17.8 Å². The van der Waals surface area contributed by atoms with E-state index in [0.29, 0.717) is 33.4 Å². The third kappa shape index (κ3) is 3.67. The lowest BCUT2D eigenvalue weighted by Crippen LogP contribution is -2.31. The van der Waals surface area contributed by atoms with Crippen molar-refractivity contribution in [2.45, 2.75) is 26.4 Å². The van der Waals surface area contributed by atoms with Crippen molar-refractivity contribution in [3.05, 3.63) is 40.3 Å². The average Bonchev–Trinajstić information content (AvgIpc) is 2.55. The van der Waals surface area contributed by atoms with Crippen LogP contribution in [0.15, 0.2) is 24.4 Å². The lowest BCUT2D eigenvalue weighted by atomic mass is 10.2. The van der Waals surface area contributed by atoms with Gasteiger partial charge in [-0.3, -0.25) is 0 Å². The Morgan fingerprint density at radius 1 is 1.08 bits per heavy atom. The van der Waals surface area contributed by atoms with Gasteiger partial charge in [-0.15, -0.1) is 0 Å². The molecule has 0 spiro atoms. The molecule has 9 heteroatoms. The molecule has 0 aliphatic rings. The van der Waals surface area contributed by atoms with Gasteiger partial charge in [0, 0.05) is 11.7 Å². The van der Waals surface area contributed by atoms with E-state index in [1.165, 1.54) is 0 Å². The molecule has 0 bridgehead atoms. The summed E-state index contributed by atoms with van der Waals surface area (Å²) in [7, 11) is 0. The zero-order valence-corrected chi connectivity index (χ0v) is 15.3. The molecule has 7 nitrogen and oxygen atoms in total. The quantitative estimate of drug-likeness (QED) is 0.717. The summed E-state index contributed by atoms with van der Waals surface area (Å²) in [6.45, 7) is 4.61. The normalized spacial score (nSPS) is 11.2. The number of halogens is 2. The van der Waals surface area contributed by atoms with Crippen molar-refractivity contribution in [1.82, 2.24) is 19.9 Å². The molecule has 0 fully saturated rings. The van der Waals surface area contributed by atoms with Crippen LogP contribution >= 0.6 is 23.2 Å². The number of benzene rings is 1. The van der Waals surface area contributed by atoms with Gasteiger partial charge in [0.05, 0.1) is 22.8 Å². The molecule has 0 aliphatic heterocycles. The fourth-order valence-electron chi connectivity index (χ4n) is 2.47. The molecule has 1 aromatic carbocycles. The highest BCUT2D eigenvalue weighted by atomic mass is 35.5. The van der Waals surface area contributed by atoms with Crippen LogP contribution in [0.2, 0.25) is 10.0 Å². The van der Waals surface area contributed by atoms with Crippen molar-refractivity contribution >= 4 is 51.7 Å². The zero-order chi connectivity index (χ0) is 18.1. The van der Waals surface area contributed by atoms with E-state index >= 15 is 0 Å². The van der Waals surface area contributed by atoms with Crippen molar-refractivity contribution in [1.29, 1.82) is 0 Å². The molecule has 25 heavy (non-hydrogen) atoms. The van der Waals surface area contributed by atoms with Crippen LogP contribution in [0.1, 0.15) is 19.7 Å². The Bertz CT molecular complexity index is 930. The maximum Gasteiger partial charge on any atom is 0.222 e. The zero-order valence-electron chi connectivity index (χ0n) is 13.7. The van der Waals surface area contributed by atoms with Crippen LogP contribution < -0.4 is 16.4 Å². The van der Waals surface area contributed by atoms with Gasteiger partial charge in [-0.25, -0.2) is 15.0 Å². The SMILES string of the molecule is CC(C)N(Cc1ncc2nc(N)nc(N)c2n1)c1ccc(Cl)c(Cl)c1. The number of nitrogens with zero attached hydrogens (tertiary/aromatic N) is 5. The molecule has 0 unspecified atom stereocenters. The smallest absolute Gasteiger partial charge is 0.222 e. The van der Waals surface area contributed by atoms with Gasteiger partial charge in [0.25, 0.3) is 0 Å². The number of hydrogen-bond acceptors (Lipinski definition) is 7. The molecule has 0 atom stereocenters. The molecule has 2 heterocycles. The van der Waals surface area contributed by atoms with E-state index in [1.807, 2.05) is 12.1 Å². The van der Waals surface area contributed by atoms with Crippen molar-refractivity contribution in [2.24, 2.45) is 0 Å². The largest absolute Gasteiger partial charge is 0.382 e. The average molecular weight is 378 g/mol. The second kappa shape index (κ2) is 6.85. The molecular weight excluding hydrogens is 361 g/mol. The van der Waals surface area contributed by atoms with Gasteiger partial charge in [0.1, 0.15) is 16.9 Å². The number of nitrogen functional groups attached to an aromatic ring is 2. The first-order valence-corrected chi connectivity index (χ1v) is 8.37. The van der Waals surface area contributed by atoms with E-state index in [0.717, 1.165) is 5.69 Å². The Hall–Kier alpha value is -2.38. The van der Waals surface area contributed by atoms with Gasteiger partial charge < -0.3 is 16.4 Å². The Morgan fingerprint density at radius 3 is 2.52 bits per heavy atom. The highest BCUT2D eigenvalue weighted by Gasteiger charge is 2.15. The molecule has 3 aromatic rings. The highest BCUT2D eigenvalue weighted by molar-refractivity contribution is 6.42. The fourth-order valence-corrected chi connectivity index (χ4v) is 2.76. The fraction of sp³-hybridized carbons (Fsp3) is 0.250. The molecule has 0 amide bonds. The molecule has 0 aliphatic carbocycles.